The van der Waals surface area contributed by atoms with Crippen molar-refractivity contribution in [2.75, 3.05) is 16.9 Å². The highest BCUT2D eigenvalue weighted by Gasteiger charge is 2.62. The van der Waals surface area contributed by atoms with Gasteiger partial charge in [0.2, 0.25) is 35.4 Å². The van der Waals surface area contributed by atoms with Crippen LogP contribution in [0.3, 0.4) is 0 Å². The quantitative estimate of drug-likeness (QED) is 0.129. The number of imide groups is 2. The second-order valence-corrected chi connectivity index (χ2v) is 15.5. The Hall–Kier alpha value is -7.34. The number of aromatic hydroxyl groups is 1. The van der Waals surface area contributed by atoms with Crippen LogP contribution in [0.5, 0.6) is 11.5 Å². The molecule has 2 aromatic heterocycles. The van der Waals surface area contributed by atoms with E-state index in [0.29, 0.717) is 62.3 Å². The fraction of sp³-hybridized carbons (Fsp3) is 0.191. The third-order valence-electron chi connectivity index (χ3n) is 12.5. The topological polar surface area (TPSA) is 156 Å². The van der Waals surface area contributed by atoms with Gasteiger partial charge in [-0.3, -0.25) is 29.0 Å². The first kappa shape index (κ1) is 34.9. The van der Waals surface area contributed by atoms with Gasteiger partial charge in [-0.2, -0.15) is 0 Å². The molecule has 290 valence electrons. The zero-order valence-electron chi connectivity index (χ0n) is 31.5. The standard InChI is InChI=1S/C47H34N4O8/c1-57-38-22-28(52)18-19-30(38)39-29-20-21-31-40(46(55)50(44(31)53)26-14-10-24(11-15-26)42-48-34-6-2-4-8-36(34)58-42)32(29)23-33-41(39)47(56)51(45(33)54)27-16-12-25(13-17-27)43-49-35-7-3-5-9-37(35)59-43/h2-20,22,31-33,39-41,52H,21,23H2,1H3. The molecule has 2 aliphatic carbocycles. The van der Waals surface area contributed by atoms with Crippen LogP contribution in [0.2, 0.25) is 0 Å². The van der Waals surface area contributed by atoms with Gasteiger partial charge in [-0.25, -0.2) is 9.97 Å². The third-order valence-corrected chi connectivity index (χ3v) is 12.5. The number of para-hydroxylation sites is 4. The second kappa shape index (κ2) is 13.1. The van der Waals surface area contributed by atoms with E-state index in [0.717, 1.165) is 11.1 Å². The molecule has 1 saturated carbocycles. The van der Waals surface area contributed by atoms with Crippen molar-refractivity contribution in [2.24, 2.45) is 29.6 Å². The number of carbonyl (C=O) groups is 4. The number of carbonyl (C=O) groups excluding carboxylic acids is 4. The van der Waals surface area contributed by atoms with Crippen LogP contribution < -0.4 is 14.5 Å². The van der Waals surface area contributed by atoms with Crippen molar-refractivity contribution in [3.63, 3.8) is 0 Å². The molecule has 4 amide bonds. The van der Waals surface area contributed by atoms with E-state index in [2.05, 4.69) is 9.97 Å². The maximum atomic E-state index is 14.7. The highest BCUT2D eigenvalue weighted by Crippen LogP contribution is 2.59. The fourth-order valence-corrected chi connectivity index (χ4v) is 9.90. The zero-order valence-corrected chi connectivity index (χ0v) is 31.5. The van der Waals surface area contributed by atoms with Gasteiger partial charge in [-0.05, 0) is 97.6 Å². The van der Waals surface area contributed by atoms with Gasteiger partial charge in [0.1, 0.15) is 22.5 Å². The first-order chi connectivity index (χ1) is 28.8. The van der Waals surface area contributed by atoms with Gasteiger partial charge < -0.3 is 18.7 Å². The first-order valence-corrected chi connectivity index (χ1v) is 19.5. The van der Waals surface area contributed by atoms with Crippen molar-refractivity contribution in [2.45, 2.75) is 18.8 Å². The molecule has 2 saturated heterocycles. The monoisotopic (exact) mass is 782 g/mol. The van der Waals surface area contributed by atoms with Crippen molar-refractivity contribution in [1.29, 1.82) is 0 Å². The summed E-state index contributed by atoms with van der Waals surface area (Å²) in [5, 5.41) is 10.4. The van der Waals surface area contributed by atoms with E-state index in [1.54, 1.807) is 54.6 Å². The van der Waals surface area contributed by atoms with Crippen molar-refractivity contribution in [3.05, 3.63) is 132 Å². The van der Waals surface area contributed by atoms with Crippen molar-refractivity contribution < 1.29 is 37.9 Å². The summed E-state index contributed by atoms with van der Waals surface area (Å²) in [5.41, 5.74) is 6.40. The summed E-state index contributed by atoms with van der Waals surface area (Å²) >= 11 is 0. The largest absolute Gasteiger partial charge is 0.508 e. The van der Waals surface area contributed by atoms with Crippen LogP contribution in [0.4, 0.5) is 11.4 Å². The Morgan fingerprint density at radius 1 is 0.627 bits per heavy atom. The molecule has 1 N–H and O–H groups in total. The zero-order chi connectivity index (χ0) is 40.1. The van der Waals surface area contributed by atoms with Crippen LogP contribution in [-0.2, 0) is 19.2 Å². The van der Waals surface area contributed by atoms with Crippen LogP contribution in [-0.4, -0.2) is 45.8 Å². The van der Waals surface area contributed by atoms with Crippen molar-refractivity contribution >= 4 is 57.2 Å². The molecule has 12 heteroatoms. The smallest absolute Gasteiger partial charge is 0.238 e. The Morgan fingerprint density at radius 2 is 1.17 bits per heavy atom. The summed E-state index contributed by atoms with van der Waals surface area (Å²) in [4.78, 5) is 69.8. The van der Waals surface area contributed by atoms with E-state index in [1.807, 2.05) is 54.6 Å². The minimum atomic E-state index is -0.820. The number of phenols is 1. The van der Waals surface area contributed by atoms with Crippen LogP contribution in [0.15, 0.2) is 136 Å². The molecule has 0 spiro atoms. The van der Waals surface area contributed by atoms with Crippen LogP contribution in [0.1, 0.15) is 24.3 Å². The lowest BCUT2D eigenvalue weighted by molar-refractivity contribution is -0.126. The van der Waals surface area contributed by atoms with Crippen LogP contribution in [0, 0.1) is 29.6 Å². The Balaban J connectivity index is 0.938. The lowest BCUT2D eigenvalue weighted by Gasteiger charge is -2.44. The number of nitrogens with zero attached hydrogens (tertiary/aromatic N) is 4. The van der Waals surface area contributed by atoms with Gasteiger partial charge in [0.15, 0.2) is 11.2 Å². The Labute approximate surface area is 336 Å². The molecule has 0 bridgehead atoms. The van der Waals surface area contributed by atoms with E-state index >= 15 is 0 Å². The molecule has 6 unspecified atom stereocenters. The number of aromatic nitrogens is 2. The maximum Gasteiger partial charge on any atom is 0.238 e. The molecule has 12 nitrogen and oxygen atoms in total. The van der Waals surface area contributed by atoms with Gasteiger partial charge in [-0.15, -0.1) is 0 Å². The van der Waals surface area contributed by atoms with Crippen molar-refractivity contribution in [3.8, 4) is 34.4 Å². The molecule has 0 radical (unpaired) electrons. The molecule has 7 aromatic rings. The van der Waals surface area contributed by atoms with E-state index in [1.165, 1.54) is 29.0 Å². The number of allylic oxidation sites excluding steroid dienone is 2. The fourth-order valence-electron chi connectivity index (χ4n) is 9.90. The second-order valence-electron chi connectivity index (χ2n) is 15.5. The molecule has 11 rings (SSSR count). The van der Waals surface area contributed by atoms with Gasteiger partial charge in [0, 0.05) is 28.7 Å². The van der Waals surface area contributed by atoms with Crippen LogP contribution >= 0.6 is 0 Å². The van der Waals surface area contributed by atoms with E-state index in [-0.39, 0.29) is 42.2 Å². The molecule has 59 heavy (non-hydrogen) atoms. The SMILES string of the molecule is COc1cc(O)ccc1C1C2=CCC3C(=O)N(c4ccc(-c5nc6ccccc6o5)cc4)C(=O)C3C2CC2C(=O)N(c3ccc(-c4nc5ccccc5o4)cc3)C(=O)C21. The number of benzene rings is 5. The Morgan fingerprint density at radius 3 is 1.73 bits per heavy atom. The number of anilines is 2. The molecular formula is C47H34N4O8. The lowest BCUT2D eigenvalue weighted by atomic mass is 9.57. The molecule has 5 aromatic carbocycles. The normalized spacial score (nSPS) is 23.8. The molecule has 2 aliphatic heterocycles. The van der Waals surface area contributed by atoms with Gasteiger partial charge in [0.05, 0.1) is 42.2 Å². The number of methoxy groups -OCH3 is 1. The molecule has 4 aliphatic rings. The number of hydrogen-bond acceptors (Lipinski definition) is 10. The summed E-state index contributed by atoms with van der Waals surface area (Å²) in [6.07, 6.45) is 2.48. The number of ether oxygens (including phenoxy) is 1. The first-order valence-electron chi connectivity index (χ1n) is 19.5. The predicted molar refractivity (Wildman–Crippen MR) is 216 cm³/mol. The van der Waals surface area contributed by atoms with E-state index in [4.69, 9.17) is 13.6 Å². The molecule has 3 fully saturated rings. The van der Waals surface area contributed by atoms with Gasteiger partial charge >= 0.3 is 0 Å². The summed E-state index contributed by atoms with van der Waals surface area (Å²) in [6, 6.07) is 33.6. The maximum absolute atomic E-state index is 14.7. The Kier molecular flexibility index (Phi) is 7.74. The summed E-state index contributed by atoms with van der Waals surface area (Å²) < 4.78 is 17.7. The highest BCUT2D eigenvalue weighted by molar-refractivity contribution is 6.24. The average Bonchev–Trinajstić information content (AvgIpc) is 4.02. The lowest BCUT2D eigenvalue weighted by Crippen LogP contribution is -2.43. The summed E-state index contributed by atoms with van der Waals surface area (Å²) in [5.74, 6) is -4.40. The minimum Gasteiger partial charge on any atom is -0.508 e. The number of fused-ring (bicyclic) bond motifs is 6. The molecule has 6 atom stereocenters. The average molecular weight is 783 g/mol. The Bertz CT molecular complexity index is 2860. The number of hydrogen-bond donors (Lipinski definition) is 1. The number of rotatable bonds is 6. The van der Waals surface area contributed by atoms with E-state index < -0.39 is 35.5 Å². The number of amides is 4. The van der Waals surface area contributed by atoms with E-state index in [9.17, 15) is 24.3 Å². The number of phenolic OH excluding ortho intramolecular Hbond substituents is 1. The van der Waals surface area contributed by atoms with Crippen molar-refractivity contribution in [1.82, 2.24) is 9.97 Å². The minimum absolute atomic E-state index is 0.0176. The third kappa shape index (κ3) is 5.28. The molecular weight excluding hydrogens is 749 g/mol. The van der Waals surface area contributed by atoms with Gasteiger partial charge in [0.25, 0.3) is 0 Å². The highest BCUT2D eigenvalue weighted by atomic mass is 16.5. The van der Waals surface area contributed by atoms with Crippen LogP contribution in [0.25, 0.3) is 45.1 Å². The number of oxazole rings is 2. The summed E-state index contributed by atoms with van der Waals surface area (Å²) in [7, 11) is 1.49. The molecule has 4 heterocycles. The summed E-state index contributed by atoms with van der Waals surface area (Å²) in [6.45, 7) is 0. The van der Waals surface area contributed by atoms with Gasteiger partial charge in [-0.1, -0.05) is 42.0 Å². The predicted octanol–water partition coefficient (Wildman–Crippen LogP) is 8.06.